The van der Waals surface area contributed by atoms with Gasteiger partial charge in [0.05, 0.1) is 6.04 Å². The van der Waals surface area contributed by atoms with Crippen LogP contribution in [-0.2, 0) is 11.2 Å². The largest absolute Gasteiger partial charge is 0.444 e. The Balaban J connectivity index is 1.42. The lowest BCUT2D eigenvalue weighted by Gasteiger charge is -2.36. The first-order valence-corrected chi connectivity index (χ1v) is 10.1. The average molecular weight is 372 g/mol. The van der Waals surface area contributed by atoms with Crippen LogP contribution in [0.25, 0.3) is 0 Å². The third-order valence-corrected chi connectivity index (χ3v) is 6.92. The number of piperidine rings is 1. The second-order valence-corrected chi connectivity index (χ2v) is 8.39. The first-order valence-electron chi connectivity index (χ1n) is 9.20. The second kappa shape index (κ2) is 6.35. The van der Waals surface area contributed by atoms with E-state index in [2.05, 4.69) is 16.3 Å². The summed E-state index contributed by atoms with van der Waals surface area (Å²) in [4.78, 5) is 18.4. The molecule has 136 valence electrons. The molecule has 1 aromatic heterocycles. The van der Waals surface area contributed by atoms with E-state index in [0.29, 0.717) is 12.5 Å². The molecule has 4 atom stereocenters. The van der Waals surface area contributed by atoms with E-state index in [1.54, 1.807) is 23.5 Å². The van der Waals surface area contributed by atoms with E-state index in [1.165, 1.54) is 17.7 Å². The summed E-state index contributed by atoms with van der Waals surface area (Å²) >= 11 is 1.66. The van der Waals surface area contributed by atoms with Crippen LogP contribution in [0.2, 0.25) is 0 Å². The molecule has 2 saturated heterocycles. The van der Waals surface area contributed by atoms with Gasteiger partial charge in [0.1, 0.15) is 11.9 Å². The molecule has 1 amide bonds. The van der Waals surface area contributed by atoms with Crippen LogP contribution >= 0.6 is 11.3 Å². The minimum atomic E-state index is -0.263. The normalized spacial score (nSPS) is 29.7. The van der Waals surface area contributed by atoms with Crippen molar-refractivity contribution in [2.75, 3.05) is 26.2 Å². The highest BCUT2D eigenvalue weighted by Gasteiger charge is 2.42. The van der Waals surface area contributed by atoms with E-state index < -0.39 is 0 Å². The molecule has 6 heteroatoms. The van der Waals surface area contributed by atoms with Crippen molar-refractivity contribution >= 4 is 17.4 Å². The van der Waals surface area contributed by atoms with Gasteiger partial charge in [-0.3, -0.25) is 9.80 Å². The smallest absolute Gasteiger partial charge is 0.410 e. The van der Waals surface area contributed by atoms with E-state index in [1.807, 2.05) is 4.90 Å². The van der Waals surface area contributed by atoms with Crippen molar-refractivity contribution in [3.05, 3.63) is 57.5 Å². The summed E-state index contributed by atoms with van der Waals surface area (Å²) in [5, 5.41) is 2.07. The van der Waals surface area contributed by atoms with Gasteiger partial charge in [0.2, 0.25) is 0 Å². The lowest BCUT2D eigenvalue weighted by Crippen LogP contribution is -2.43. The average Bonchev–Trinajstić information content (AvgIpc) is 3.38. The zero-order valence-corrected chi connectivity index (χ0v) is 15.3. The highest BCUT2D eigenvalue weighted by molar-refractivity contribution is 7.10. The van der Waals surface area contributed by atoms with Gasteiger partial charge in [-0.1, -0.05) is 12.1 Å². The number of ether oxygens (including phenoxy) is 1. The molecule has 1 aromatic carbocycles. The van der Waals surface area contributed by atoms with Gasteiger partial charge in [-0.2, -0.15) is 0 Å². The van der Waals surface area contributed by atoms with Crippen LogP contribution in [0.1, 0.15) is 28.5 Å². The Morgan fingerprint density at radius 2 is 2.00 bits per heavy atom. The molecule has 3 aliphatic heterocycles. The van der Waals surface area contributed by atoms with Gasteiger partial charge in [-0.15, -0.1) is 11.3 Å². The molecule has 5 rings (SSSR count). The highest BCUT2D eigenvalue weighted by atomic mass is 32.1. The number of fused-ring (bicyclic) bond motifs is 3. The van der Waals surface area contributed by atoms with Crippen molar-refractivity contribution in [3.63, 3.8) is 0 Å². The van der Waals surface area contributed by atoms with Crippen molar-refractivity contribution in [2.45, 2.75) is 25.0 Å². The van der Waals surface area contributed by atoms with E-state index in [4.69, 9.17) is 4.74 Å². The molecule has 2 fully saturated rings. The lowest BCUT2D eigenvalue weighted by molar-refractivity contribution is 0.0336. The number of nitrogens with zero attached hydrogens (tertiary/aromatic N) is 2. The summed E-state index contributed by atoms with van der Waals surface area (Å²) in [5.41, 5.74) is 2.21. The van der Waals surface area contributed by atoms with Crippen LogP contribution < -0.4 is 0 Å². The molecule has 4 nitrogen and oxygen atoms in total. The van der Waals surface area contributed by atoms with Crippen molar-refractivity contribution in [2.24, 2.45) is 5.92 Å². The fourth-order valence-electron chi connectivity index (χ4n) is 4.54. The van der Waals surface area contributed by atoms with Crippen LogP contribution in [0.4, 0.5) is 9.18 Å². The third-order valence-electron chi connectivity index (χ3n) is 5.91. The number of benzene rings is 1. The monoisotopic (exact) mass is 372 g/mol. The van der Waals surface area contributed by atoms with Crippen LogP contribution in [0, 0.1) is 11.7 Å². The zero-order chi connectivity index (χ0) is 17.7. The molecule has 0 N–H and O–H groups in total. The SMILES string of the molecule is O=C(O[C@@H]1CN2CCC1C2)N1CCc2ccsc2C1c1ccc(F)cc1. The fraction of sp³-hybridized carbons (Fsp3) is 0.450. The maximum absolute atomic E-state index is 13.4. The highest BCUT2D eigenvalue weighted by Crippen LogP contribution is 2.39. The maximum Gasteiger partial charge on any atom is 0.410 e. The Morgan fingerprint density at radius 1 is 1.15 bits per heavy atom. The van der Waals surface area contributed by atoms with Crippen molar-refractivity contribution < 1.29 is 13.9 Å². The van der Waals surface area contributed by atoms with Crippen LogP contribution in [0.3, 0.4) is 0 Å². The first-order chi connectivity index (χ1) is 12.7. The van der Waals surface area contributed by atoms with Crippen LogP contribution in [0.5, 0.6) is 0 Å². The topological polar surface area (TPSA) is 32.8 Å². The van der Waals surface area contributed by atoms with Crippen molar-refractivity contribution in [1.29, 1.82) is 0 Å². The number of amides is 1. The quantitative estimate of drug-likeness (QED) is 0.806. The number of hydrogen-bond donors (Lipinski definition) is 0. The van der Waals surface area contributed by atoms with E-state index in [9.17, 15) is 9.18 Å². The van der Waals surface area contributed by atoms with Gasteiger partial charge in [0.15, 0.2) is 0 Å². The zero-order valence-electron chi connectivity index (χ0n) is 14.4. The summed E-state index contributed by atoms with van der Waals surface area (Å²) < 4.78 is 19.3. The first kappa shape index (κ1) is 16.3. The number of carbonyl (C=O) groups excluding carboxylic acids is 1. The molecule has 2 bridgehead atoms. The van der Waals surface area contributed by atoms with Gasteiger partial charge in [-0.05, 0) is 54.1 Å². The maximum atomic E-state index is 13.4. The van der Waals surface area contributed by atoms with Crippen LogP contribution in [-0.4, -0.2) is 48.2 Å². The predicted molar refractivity (Wildman–Crippen MR) is 97.8 cm³/mol. The minimum absolute atomic E-state index is 0.00912. The Labute approximate surface area is 156 Å². The number of carbonyl (C=O) groups is 1. The summed E-state index contributed by atoms with van der Waals surface area (Å²) in [6.07, 6.45) is 1.73. The Bertz CT molecular complexity index is 821. The number of rotatable bonds is 2. The van der Waals surface area contributed by atoms with Gasteiger partial charge < -0.3 is 4.74 Å². The minimum Gasteiger partial charge on any atom is -0.444 e. The van der Waals surface area contributed by atoms with Crippen LogP contribution in [0.15, 0.2) is 35.7 Å². The van der Waals surface area contributed by atoms with E-state index >= 15 is 0 Å². The fourth-order valence-corrected chi connectivity index (χ4v) is 5.64. The summed E-state index contributed by atoms with van der Waals surface area (Å²) in [6, 6.07) is 8.42. The Morgan fingerprint density at radius 3 is 2.73 bits per heavy atom. The number of hydrogen-bond acceptors (Lipinski definition) is 4. The second-order valence-electron chi connectivity index (χ2n) is 7.44. The van der Waals surface area contributed by atoms with E-state index in [-0.39, 0.29) is 24.1 Å². The summed E-state index contributed by atoms with van der Waals surface area (Å²) in [7, 11) is 0. The molecule has 0 saturated carbocycles. The number of halogens is 1. The molecule has 0 spiro atoms. The Kier molecular flexibility index (Phi) is 3.98. The van der Waals surface area contributed by atoms with Gasteiger partial charge in [0, 0.05) is 30.4 Å². The van der Waals surface area contributed by atoms with Crippen molar-refractivity contribution in [1.82, 2.24) is 9.80 Å². The Hall–Kier alpha value is -1.92. The molecule has 3 unspecified atom stereocenters. The standard InChI is InChI=1S/C20H21FN2O2S/c21-16-3-1-13(2-4-16)18-19-14(7-10-26-19)6-9-23(18)20(24)25-17-12-22-8-5-15(17)11-22/h1-4,7,10,15,17-18H,5-6,8-9,11-12H2/t15?,17-,18?/m1/s1. The lowest BCUT2D eigenvalue weighted by atomic mass is 9.96. The summed E-state index contributed by atoms with van der Waals surface area (Å²) in [5.74, 6) is 0.214. The molecular weight excluding hydrogens is 351 g/mol. The number of thiophene rings is 1. The van der Waals surface area contributed by atoms with Gasteiger partial charge in [-0.25, -0.2) is 9.18 Å². The van der Waals surface area contributed by atoms with E-state index in [0.717, 1.165) is 42.9 Å². The molecule has 0 aliphatic carbocycles. The molecule has 0 radical (unpaired) electrons. The molecule has 2 aromatic rings. The molecule has 26 heavy (non-hydrogen) atoms. The third kappa shape index (κ3) is 2.72. The summed E-state index contributed by atoms with van der Waals surface area (Å²) in [6.45, 7) is 3.66. The molecule has 3 aliphatic rings. The van der Waals surface area contributed by atoms with Gasteiger partial charge in [0.25, 0.3) is 0 Å². The predicted octanol–water partition coefficient (Wildman–Crippen LogP) is 3.68. The van der Waals surface area contributed by atoms with Crippen molar-refractivity contribution in [3.8, 4) is 0 Å². The molecular formula is C20H21FN2O2S. The molecule has 4 heterocycles. The van der Waals surface area contributed by atoms with Gasteiger partial charge >= 0.3 is 6.09 Å².